The summed E-state index contributed by atoms with van der Waals surface area (Å²) in [6, 6.07) is -0.328. The molecule has 4 aliphatic rings. The number of nitrogens with zero attached hydrogens (tertiary/aromatic N) is 2. The molecule has 17 nitrogen and oxygen atoms in total. The Morgan fingerprint density at radius 3 is 2.17 bits per heavy atom. The van der Waals surface area contributed by atoms with Gasteiger partial charge in [-0.3, -0.25) is 24.0 Å². The van der Waals surface area contributed by atoms with E-state index in [-0.39, 0.29) is 32.4 Å². The number of nitrogens with one attached hydrogen (secondary N) is 4. The Labute approximate surface area is 301 Å². The van der Waals surface area contributed by atoms with Gasteiger partial charge in [-0.25, -0.2) is 4.79 Å². The molecule has 17 heteroatoms. The van der Waals surface area contributed by atoms with Crippen LogP contribution in [-0.2, 0) is 43.8 Å². The molecule has 0 spiro atoms. The van der Waals surface area contributed by atoms with Gasteiger partial charge in [0.05, 0.1) is 18.8 Å². The Bertz CT molecular complexity index is 1570. The first-order valence-electron chi connectivity index (χ1n) is 17.7. The van der Waals surface area contributed by atoms with Crippen LogP contribution < -0.4 is 21.3 Å². The molecule has 10 atom stereocenters. The van der Waals surface area contributed by atoms with Crippen LogP contribution in [0.25, 0.3) is 0 Å². The summed E-state index contributed by atoms with van der Waals surface area (Å²) in [4.78, 5) is 86.5. The number of aliphatic hydroxyl groups excluding tert-OH is 2. The predicted octanol–water partition coefficient (Wildman–Crippen LogP) is -1.70. The van der Waals surface area contributed by atoms with Crippen LogP contribution in [0.15, 0.2) is 24.3 Å². The number of benzene rings is 1. The summed E-state index contributed by atoms with van der Waals surface area (Å²) < 4.78 is 11.0. The van der Waals surface area contributed by atoms with E-state index in [0.29, 0.717) is 11.3 Å². The molecule has 5 rings (SSSR count). The van der Waals surface area contributed by atoms with Crippen LogP contribution in [0.1, 0.15) is 59.4 Å². The lowest BCUT2D eigenvalue weighted by Gasteiger charge is -2.40. The summed E-state index contributed by atoms with van der Waals surface area (Å²) in [6.45, 7) is 7.45. The number of methoxy groups -OCH3 is 1. The Hall–Kier alpha value is -4.32. The van der Waals surface area contributed by atoms with Crippen molar-refractivity contribution in [3.8, 4) is 0 Å². The quantitative estimate of drug-likeness (QED) is 0.168. The molecular formula is C35H50N6O11. The summed E-state index contributed by atoms with van der Waals surface area (Å²) in [7, 11) is 1.28. The van der Waals surface area contributed by atoms with Gasteiger partial charge in [-0.15, -0.1) is 0 Å². The second kappa shape index (κ2) is 15.3. The molecule has 5 amide bonds. The highest BCUT2D eigenvalue weighted by Crippen LogP contribution is 2.49. The van der Waals surface area contributed by atoms with Gasteiger partial charge in [0.15, 0.2) is 6.10 Å². The van der Waals surface area contributed by atoms with E-state index in [4.69, 9.17) is 9.47 Å². The van der Waals surface area contributed by atoms with Crippen molar-refractivity contribution in [2.75, 3.05) is 25.6 Å². The van der Waals surface area contributed by atoms with E-state index >= 15 is 0 Å². The number of anilines is 1. The number of esters is 1. The van der Waals surface area contributed by atoms with Gasteiger partial charge in [-0.1, -0.05) is 45.9 Å². The number of hydrogen-bond acceptors (Lipinski definition) is 12. The minimum Gasteiger partial charge on any atom is -0.450 e. The molecule has 1 aromatic carbocycles. The van der Waals surface area contributed by atoms with Crippen molar-refractivity contribution in [1.82, 2.24) is 25.8 Å². The van der Waals surface area contributed by atoms with Gasteiger partial charge >= 0.3 is 5.97 Å². The number of ether oxygens (including phenoxy) is 2. The molecule has 3 fully saturated rings. The Morgan fingerprint density at radius 2 is 1.54 bits per heavy atom. The number of fused-ring (bicyclic) bond motifs is 6. The van der Waals surface area contributed by atoms with Gasteiger partial charge < -0.3 is 55.9 Å². The van der Waals surface area contributed by atoms with Crippen LogP contribution in [-0.4, -0.2) is 136 Å². The van der Waals surface area contributed by atoms with Crippen molar-refractivity contribution in [3.05, 3.63) is 29.8 Å². The van der Waals surface area contributed by atoms with E-state index in [0.717, 1.165) is 4.90 Å². The second-order valence-electron chi connectivity index (χ2n) is 14.8. The van der Waals surface area contributed by atoms with Gasteiger partial charge in [0.1, 0.15) is 42.0 Å². The highest BCUT2D eigenvalue weighted by atomic mass is 16.6. The second-order valence-corrected chi connectivity index (χ2v) is 14.8. The van der Waals surface area contributed by atoms with Crippen molar-refractivity contribution in [2.24, 2.45) is 11.8 Å². The van der Waals surface area contributed by atoms with Crippen LogP contribution in [0.5, 0.6) is 0 Å². The SMILES string of the molecule is COC[C@@H]1NC(=O)[C@H]2C[C@@H](O)CCN2C(=O)[C@H](C(C)C)OC(=O)[C@@H](C(C)C)NC(=O)[C@@H]2C[C@@]3(O)c4ccccc4N[C@H]3N2C(=O)[C@@H]([C@H](C)O)NC1=O. The summed E-state index contributed by atoms with van der Waals surface area (Å²) in [5.74, 6) is -6.23. The number of rotatable bonds is 5. The standard InChI is InChI=1S/C35H50N6O11/c1-16(2)25-33(49)52-27(17(3)4)32(48)40-12-11-19(43)13-23(40)29(45)36-22(15-51-6)28(44)39-26(18(5)42)31(47)41-24(30(46)38-25)14-35(50)20-9-7-8-10-21(20)37-34(35)41/h7-10,16-19,22-27,34,37,42-43,50H,11-15H2,1-6H3,(H,36,45)(H,38,46)(H,39,44)/t18-,19-,22-,23+,24-,25+,26+,27-,34-,35+/m0/s1. The number of aliphatic hydroxyl groups is 3. The van der Waals surface area contributed by atoms with E-state index in [1.165, 1.54) is 18.9 Å². The smallest absolute Gasteiger partial charge is 0.329 e. The lowest BCUT2D eigenvalue weighted by molar-refractivity contribution is -0.170. The van der Waals surface area contributed by atoms with Crippen LogP contribution >= 0.6 is 0 Å². The lowest BCUT2D eigenvalue weighted by Crippen LogP contribution is -2.64. The molecule has 1 aromatic rings. The molecule has 0 aromatic heterocycles. The predicted molar refractivity (Wildman–Crippen MR) is 183 cm³/mol. The minimum absolute atomic E-state index is 0.0539. The van der Waals surface area contributed by atoms with E-state index < -0.39 is 108 Å². The fourth-order valence-electron chi connectivity index (χ4n) is 7.46. The van der Waals surface area contributed by atoms with Crippen LogP contribution in [0, 0.1) is 11.8 Å². The molecule has 0 unspecified atom stereocenters. The number of cyclic esters (lactones) is 1. The molecule has 0 aliphatic carbocycles. The number of para-hydroxylation sites is 1. The zero-order valence-electron chi connectivity index (χ0n) is 30.2. The number of carbonyl (C=O) groups excluding carboxylic acids is 6. The summed E-state index contributed by atoms with van der Waals surface area (Å²) in [5, 5.41) is 44.3. The number of amides is 5. The van der Waals surface area contributed by atoms with Gasteiger partial charge in [0.2, 0.25) is 23.6 Å². The van der Waals surface area contributed by atoms with Crippen molar-refractivity contribution >= 4 is 41.2 Å². The molecule has 3 saturated heterocycles. The average Bonchev–Trinajstić information content (AvgIpc) is 3.54. The molecule has 7 N–H and O–H groups in total. The molecule has 4 aliphatic heterocycles. The highest BCUT2D eigenvalue weighted by molar-refractivity contribution is 5.98. The molecular weight excluding hydrogens is 680 g/mol. The third kappa shape index (κ3) is 7.31. The Morgan fingerprint density at radius 1 is 0.885 bits per heavy atom. The third-order valence-electron chi connectivity index (χ3n) is 10.3. The molecule has 0 radical (unpaired) electrons. The Balaban J connectivity index is 1.60. The fraction of sp³-hybridized carbons (Fsp3) is 0.657. The van der Waals surface area contributed by atoms with Gasteiger partial charge in [0.25, 0.3) is 5.91 Å². The average molecular weight is 731 g/mol. The first-order chi connectivity index (χ1) is 24.5. The van der Waals surface area contributed by atoms with Gasteiger partial charge in [0, 0.05) is 37.7 Å². The highest BCUT2D eigenvalue weighted by Gasteiger charge is 2.61. The topological polar surface area (TPSA) is 236 Å². The van der Waals surface area contributed by atoms with Gasteiger partial charge in [-0.2, -0.15) is 0 Å². The van der Waals surface area contributed by atoms with Crippen LogP contribution in [0.3, 0.4) is 0 Å². The summed E-state index contributed by atoms with van der Waals surface area (Å²) in [6.07, 6.45) is -5.43. The van der Waals surface area contributed by atoms with E-state index in [9.17, 15) is 44.1 Å². The van der Waals surface area contributed by atoms with Gasteiger partial charge in [-0.05, 0) is 31.2 Å². The molecule has 0 saturated carbocycles. The van der Waals surface area contributed by atoms with E-state index in [1.54, 1.807) is 52.0 Å². The number of carbonyl (C=O) groups is 6. The molecule has 52 heavy (non-hydrogen) atoms. The van der Waals surface area contributed by atoms with Crippen LogP contribution in [0.4, 0.5) is 5.69 Å². The normalized spacial score (nSPS) is 33.8. The third-order valence-corrected chi connectivity index (χ3v) is 10.3. The molecule has 4 heterocycles. The monoisotopic (exact) mass is 730 g/mol. The zero-order valence-corrected chi connectivity index (χ0v) is 30.2. The lowest BCUT2D eigenvalue weighted by atomic mass is 9.91. The first kappa shape index (κ1) is 38.9. The number of piperidine rings is 1. The maximum Gasteiger partial charge on any atom is 0.329 e. The summed E-state index contributed by atoms with van der Waals surface area (Å²) in [5.41, 5.74) is -0.853. The number of hydrogen-bond donors (Lipinski definition) is 7. The maximum absolute atomic E-state index is 14.5. The minimum atomic E-state index is -1.79. The van der Waals surface area contributed by atoms with E-state index in [1.807, 2.05) is 0 Å². The summed E-state index contributed by atoms with van der Waals surface area (Å²) >= 11 is 0. The molecule has 0 bridgehead atoms. The Kier molecular flexibility index (Phi) is 11.5. The largest absolute Gasteiger partial charge is 0.450 e. The van der Waals surface area contributed by atoms with Crippen molar-refractivity contribution in [1.29, 1.82) is 0 Å². The van der Waals surface area contributed by atoms with Crippen molar-refractivity contribution < 1.29 is 53.6 Å². The van der Waals surface area contributed by atoms with Crippen LogP contribution in [0.2, 0.25) is 0 Å². The van der Waals surface area contributed by atoms with Crippen molar-refractivity contribution in [3.63, 3.8) is 0 Å². The first-order valence-corrected chi connectivity index (χ1v) is 17.7. The maximum atomic E-state index is 14.5. The van der Waals surface area contributed by atoms with E-state index in [2.05, 4.69) is 21.3 Å². The van der Waals surface area contributed by atoms with Crippen molar-refractivity contribution in [2.45, 2.75) is 114 Å². The molecule has 286 valence electrons. The fourth-order valence-corrected chi connectivity index (χ4v) is 7.46. The zero-order chi connectivity index (χ0) is 38.2.